The topological polar surface area (TPSA) is 15.3 Å². The van der Waals surface area contributed by atoms with Crippen LogP contribution in [-0.4, -0.2) is 36.6 Å². The molecule has 1 N–H and O–H groups in total. The second kappa shape index (κ2) is 5.37. The third kappa shape index (κ3) is 3.33. The van der Waals surface area contributed by atoms with Crippen molar-refractivity contribution in [1.82, 2.24) is 10.2 Å². The van der Waals surface area contributed by atoms with Crippen molar-refractivity contribution in [1.29, 1.82) is 0 Å². The van der Waals surface area contributed by atoms with E-state index in [1.165, 1.54) is 58.2 Å². The maximum absolute atomic E-state index is 3.51. The van der Waals surface area contributed by atoms with Crippen LogP contribution in [0.1, 0.15) is 59.3 Å². The van der Waals surface area contributed by atoms with E-state index in [9.17, 15) is 0 Å². The van der Waals surface area contributed by atoms with Crippen molar-refractivity contribution in [2.24, 2.45) is 17.3 Å². The third-order valence-electron chi connectivity index (χ3n) is 5.66. The van der Waals surface area contributed by atoms with Crippen LogP contribution in [0.3, 0.4) is 0 Å². The number of hydrogen-bond donors (Lipinski definition) is 1. The molecule has 3 rings (SSSR count). The van der Waals surface area contributed by atoms with Crippen molar-refractivity contribution in [3.63, 3.8) is 0 Å². The Morgan fingerprint density at radius 3 is 2.26 bits per heavy atom. The van der Waals surface area contributed by atoms with Crippen LogP contribution >= 0.6 is 0 Å². The Labute approximate surface area is 119 Å². The van der Waals surface area contributed by atoms with Crippen LogP contribution in [0.15, 0.2) is 0 Å². The highest BCUT2D eigenvalue weighted by atomic mass is 15.2. The van der Waals surface area contributed by atoms with Gasteiger partial charge in [0, 0.05) is 18.6 Å². The van der Waals surface area contributed by atoms with Crippen LogP contribution in [0.25, 0.3) is 0 Å². The maximum atomic E-state index is 3.51. The van der Waals surface area contributed by atoms with Crippen LogP contribution in [0.5, 0.6) is 0 Å². The zero-order chi connectivity index (χ0) is 13.5. The van der Waals surface area contributed by atoms with Gasteiger partial charge in [-0.3, -0.25) is 4.90 Å². The van der Waals surface area contributed by atoms with Gasteiger partial charge in [-0.15, -0.1) is 0 Å². The van der Waals surface area contributed by atoms with Crippen molar-refractivity contribution >= 4 is 0 Å². The molecule has 0 bridgehead atoms. The predicted molar refractivity (Wildman–Crippen MR) is 81.3 cm³/mol. The molecule has 0 spiro atoms. The van der Waals surface area contributed by atoms with Crippen molar-refractivity contribution in [2.75, 3.05) is 19.6 Å². The molecule has 2 heteroatoms. The normalized spacial score (nSPS) is 36.0. The fourth-order valence-corrected chi connectivity index (χ4v) is 4.63. The molecule has 110 valence electrons. The van der Waals surface area contributed by atoms with E-state index in [0.29, 0.717) is 5.41 Å². The molecule has 1 saturated heterocycles. The second-order valence-electron chi connectivity index (χ2n) is 8.24. The first-order chi connectivity index (χ1) is 9.05. The molecule has 2 atom stereocenters. The van der Waals surface area contributed by atoms with Gasteiger partial charge in [0.1, 0.15) is 0 Å². The van der Waals surface area contributed by atoms with Gasteiger partial charge >= 0.3 is 0 Å². The van der Waals surface area contributed by atoms with Gasteiger partial charge in [-0.05, 0) is 68.9 Å². The zero-order valence-electron chi connectivity index (χ0n) is 13.1. The standard InChI is InChI=1S/C17H32N2/c1-13-10-17(2,3)11-16(13)19(15-4-5-15)12-14-6-8-18-9-7-14/h13-16,18H,4-12H2,1-3H3. The number of nitrogens with one attached hydrogen (secondary N) is 1. The van der Waals surface area contributed by atoms with Crippen LogP contribution in [0.2, 0.25) is 0 Å². The van der Waals surface area contributed by atoms with Crippen molar-refractivity contribution in [3.8, 4) is 0 Å². The van der Waals surface area contributed by atoms with Gasteiger partial charge in [0.05, 0.1) is 0 Å². The summed E-state index contributed by atoms with van der Waals surface area (Å²) < 4.78 is 0. The number of hydrogen-bond acceptors (Lipinski definition) is 2. The minimum atomic E-state index is 0.575. The van der Waals surface area contributed by atoms with Crippen LogP contribution in [-0.2, 0) is 0 Å². The first-order valence-electron chi connectivity index (χ1n) is 8.52. The summed E-state index contributed by atoms with van der Waals surface area (Å²) in [5.41, 5.74) is 0.575. The van der Waals surface area contributed by atoms with Crippen LogP contribution in [0, 0.1) is 17.3 Å². The highest BCUT2D eigenvalue weighted by Gasteiger charge is 2.44. The molecule has 0 amide bonds. The Bertz CT molecular complexity index is 302. The van der Waals surface area contributed by atoms with E-state index in [2.05, 4.69) is 31.0 Å². The Kier molecular flexibility index (Phi) is 3.92. The molecular weight excluding hydrogens is 232 g/mol. The van der Waals surface area contributed by atoms with Gasteiger partial charge in [0.15, 0.2) is 0 Å². The lowest BCUT2D eigenvalue weighted by molar-refractivity contribution is 0.117. The molecule has 0 aromatic heterocycles. The number of rotatable bonds is 4. The van der Waals surface area contributed by atoms with E-state index in [-0.39, 0.29) is 0 Å². The zero-order valence-corrected chi connectivity index (χ0v) is 13.1. The monoisotopic (exact) mass is 264 g/mol. The average Bonchev–Trinajstić information content (AvgIpc) is 3.14. The van der Waals surface area contributed by atoms with Gasteiger partial charge in [-0.25, -0.2) is 0 Å². The lowest BCUT2D eigenvalue weighted by Crippen LogP contribution is -2.44. The van der Waals surface area contributed by atoms with E-state index < -0.39 is 0 Å². The Hall–Kier alpha value is -0.0800. The summed E-state index contributed by atoms with van der Waals surface area (Å²) in [7, 11) is 0. The average molecular weight is 264 g/mol. The molecule has 0 radical (unpaired) electrons. The maximum Gasteiger partial charge on any atom is 0.0129 e. The van der Waals surface area contributed by atoms with Gasteiger partial charge in [-0.1, -0.05) is 20.8 Å². The van der Waals surface area contributed by atoms with Crippen molar-refractivity contribution < 1.29 is 0 Å². The number of nitrogens with zero attached hydrogens (tertiary/aromatic N) is 1. The Balaban J connectivity index is 1.63. The first kappa shape index (κ1) is 13.9. The minimum absolute atomic E-state index is 0.575. The molecule has 2 nitrogen and oxygen atoms in total. The third-order valence-corrected chi connectivity index (χ3v) is 5.66. The van der Waals surface area contributed by atoms with E-state index >= 15 is 0 Å². The molecule has 2 aliphatic carbocycles. The summed E-state index contributed by atoms with van der Waals surface area (Å²) in [6.07, 6.45) is 8.58. The van der Waals surface area contributed by atoms with E-state index in [1.54, 1.807) is 0 Å². The van der Waals surface area contributed by atoms with Crippen molar-refractivity contribution in [3.05, 3.63) is 0 Å². The van der Waals surface area contributed by atoms with Gasteiger partial charge in [0.25, 0.3) is 0 Å². The lowest BCUT2D eigenvalue weighted by Gasteiger charge is -2.36. The van der Waals surface area contributed by atoms with Gasteiger partial charge in [-0.2, -0.15) is 0 Å². The molecule has 1 aliphatic heterocycles. The van der Waals surface area contributed by atoms with E-state index in [0.717, 1.165) is 23.9 Å². The summed E-state index contributed by atoms with van der Waals surface area (Å²) >= 11 is 0. The van der Waals surface area contributed by atoms with Crippen LogP contribution < -0.4 is 5.32 Å². The fraction of sp³-hybridized carbons (Fsp3) is 1.00. The van der Waals surface area contributed by atoms with E-state index in [4.69, 9.17) is 0 Å². The molecule has 2 unspecified atom stereocenters. The molecule has 3 fully saturated rings. The van der Waals surface area contributed by atoms with Crippen LogP contribution in [0.4, 0.5) is 0 Å². The minimum Gasteiger partial charge on any atom is -0.317 e. The quantitative estimate of drug-likeness (QED) is 0.838. The molecule has 0 aromatic carbocycles. The van der Waals surface area contributed by atoms with E-state index in [1.807, 2.05) is 0 Å². The number of piperidine rings is 1. The smallest absolute Gasteiger partial charge is 0.0129 e. The summed E-state index contributed by atoms with van der Waals surface area (Å²) in [6.45, 7) is 11.3. The largest absolute Gasteiger partial charge is 0.317 e. The molecule has 1 heterocycles. The summed E-state index contributed by atoms with van der Waals surface area (Å²) in [5.74, 6) is 1.86. The fourth-order valence-electron chi connectivity index (χ4n) is 4.63. The highest BCUT2D eigenvalue weighted by molar-refractivity contribution is 4.98. The highest BCUT2D eigenvalue weighted by Crippen LogP contribution is 2.46. The molecule has 19 heavy (non-hydrogen) atoms. The lowest BCUT2D eigenvalue weighted by atomic mass is 9.91. The summed E-state index contributed by atoms with van der Waals surface area (Å²) in [6, 6.07) is 1.81. The molecular formula is C17H32N2. The SMILES string of the molecule is CC1CC(C)(C)CC1N(CC1CCNCC1)C1CC1. The second-order valence-corrected chi connectivity index (χ2v) is 8.24. The summed E-state index contributed by atoms with van der Waals surface area (Å²) in [5, 5.41) is 3.51. The van der Waals surface area contributed by atoms with Crippen molar-refractivity contribution in [2.45, 2.75) is 71.4 Å². The van der Waals surface area contributed by atoms with Gasteiger partial charge < -0.3 is 5.32 Å². The Morgan fingerprint density at radius 1 is 1.05 bits per heavy atom. The summed E-state index contributed by atoms with van der Waals surface area (Å²) in [4.78, 5) is 2.94. The first-order valence-corrected chi connectivity index (χ1v) is 8.52. The predicted octanol–water partition coefficient (Wildman–Crippen LogP) is 3.28. The molecule has 3 aliphatic rings. The van der Waals surface area contributed by atoms with Gasteiger partial charge in [0.2, 0.25) is 0 Å². The molecule has 0 aromatic rings. The molecule has 2 saturated carbocycles. The Morgan fingerprint density at radius 2 is 1.74 bits per heavy atom.